The molecular formula is C15H19NO5S. The number of carbonyl (C=O) groups is 2. The summed E-state index contributed by atoms with van der Waals surface area (Å²) in [5.74, 6) is -1.35. The Balaban J connectivity index is 2.77. The van der Waals surface area contributed by atoms with Gasteiger partial charge in [-0.25, -0.2) is 13.2 Å². The first-order valence-corrected chi connectivity index (χ1v) is 8.44. The van der Waals surface area contributed by atoms with E-state index in [-0.39, 0.29) is 12.4 Å². The minimum atomic E-state index is -3.56. The molecule has 0 fully saturated rings. The first-order valence-electron chi connectivity index (χ1n) is 6.72. The van der Waals surface area contributed by atoms with Gasteiger partial charge in [0.1, 0.15) is 5.25 Å². The van der Waals surface area contributed by atoms with Crippen LogP contribution in [-0.4, -0.2) is 37.9 Å². The fourth-order valence-corrected chi connectivity index (χ4v) is 2.62. The molecule has 0 aliphatic heterocycles. The molecule has 1 rings (SSSR count). The van der Waals surface area contributed by atoms with Crippen LogP contribution in [0.4, 0.5) is 5.69 Å². The van der Waals surface area contributed by atoms with Gasteiger partial charge in [0.05, 0.1) is 17.9 Å². The number of amides is 1. The van der Waals surface area contributed by atoms with Crippen LogP contribution < -0.4 is 5.32 Å². The van der Waals surface area contributed by atoms with Gasteiger partial charge in [0.2, 0.25) is 5.91 Å². The van der Waals surface area contributed by atoms with Gasteiger partial charge in [-0.1, -0.05) is 6.08 Å². The Morgan fingerprint density at radius 1 is 1.32 bits per heavy atom. The molecule has 1 unspecified atom stereocenters. The molecule has 0 heterocycles. The normalized spacial score (nSPS) is 12.3. The molecule has 1 N–H and O–H groups in total. The molecule has 0 aliphatic carbocycles. The minimum Gasteiger partial charge on any atom is -0.462 e. The maximum atomic E-state index is 11.9. The number of nitrogens with one attached hydrogen (secondary N) is 1. The van der Waals surface area contributed by atoms with E-state index in [1.165, 1.54) is 37.3 Å². The van der Waals surface area contributed by atoms with Crippen molar-refractivity contribution < 1.29 is 22.7 Å². The SMILES string of the molecule is C=CCS(=O)(=O)C(C)C(=O)Nc1ccc(C(=O)OCC)cc1. The third-order valence-corrected chi connectivity index (χ3v) is 4.91. The van der Waals surface area contributed by atoms with E-state index in [0.29, 0.717) is 11.3 Å². The van der Waals surface area contributed by atoms with Crippen molar-refractivity contribution in [3.8, 4) is 0 Å². The number of benzene rings is 1. The molecule has 0 saturated carbocycles. The molecule has 1 aromatic carbocycles. The Kier molecular flexibility index (Phi) is 6.30. The van der Waals surface area contributed by atoms with Gasteiger partial charge in [0, 0.05) is 5.69 Å². The molecular weight excluding hydrogens is 306 g/mol. The zero-order valence-electron chi connectivity index (χ0n) is 12.5. The van der Waals surface area contributed by atoms with Gasteiger partial charge >= 0.3 is 5.97 Å². The maximum absolute atomic E-state index is 11.9. The monoisotopic (exact) mass is 325 g/mol. The van der Waals surface area contributed by atoms with Gasteiger partial charge in [0.15, 0.2) is 9.84 Å². The molecule has 0 saturated heterocycles. The van der Waals surface area contributed by atoms with E-state index in [2.05, 4.69) is 11.9 Å². The summed E-state index contributed by atoms with van der Waals surface area (Å²) in [6, 6.07) is 6.01. The van der Waals surface area contributed by atoms with Crippen LogP contribution >= 0.6 is 0 Å². The lowest BCUT2D eigenvalue weighted by molar-refractivity contribution is -0.115. The molecule has 0 radical (unpaired) electrons. The van der Waals surface area contributed by atoms with Crippen LogP contribution in [-0.2, 0) is 19.4 Å². The predicted octanol–water partition coefficient (Wildman–Crippen LogP) is 1.79. The zero-order valence-corrected chi connectivity index (χ0v) is 13.4. The molecule has 0 bridgehead atoms. The molecule has 6 nitrogen and oxygen atoms in total. The van der Waals surface area contributed by atoms with E-state index in [0.717, 1.165) is 0 Å². The summed E-state index contributed by atoms with van der Waals surface area (Å²) in [5.41, 5.74) is 0.755. The van der Waals surface area contributed by atoms with Crippen LogP contribution in [0, 0.1) is 0 Å². The van der Waals surface area contributed by atoms with E-state index in [1.54, 1.807) is 6.92 Å². The minimum absolute atomic E-state index is 0.261. The summed E-state index contributed by atoms with van der Waals surface area (Å²) >= 11 is 0. The van der Waals surface area contributed by atoms with E-state index in [4.69, 9.17) is 4.74 Å². The number of hydrogen-bond donors (Lipinski definition) is 1. The van der Waals surface area contributed by atoms with Crippen LogP contribution in [0.15, 0.2) is 36.9 Å². The number of rotatable bonds is 7. The average molecular weight is 325 g/mol. The quantitative estimate of drug-likeness (QED) is 0.610. The van der Waals surface area contributed by atoms with E-state index in [1.807, 2.05) is 0 Å². The van der Waals surface area contributed by atoms with Gasteiger partial charge in [0.25, 0.3) is 0 Å². The van der Waals surface area contributed by atoms with Gasteiger partial charge in [-0.05, 0) is 38.1 Å². The summed E-state index contributed by atoms with van der Waals surface area (Å²) in [5, 5.41) is 1.31. The molecule has 120 valence electrons. The fourth-order valence-electron chi connectivity index (χ4n) is 1.62. The summed E-state index contributed by atoms with van der Waals surface area (Å²) in [7, 11) is -3.56. The molecule has 0 aromatic heterocycles. The van der Waals surface area contributed by atoms with Crippen molar-refractivity contribution in [3.63, 3.8) is 0 Å². The second-order valence-corrected chi connectivity index (χ2v) is 6.91. The third-order valence-electron chi connectivity index (χ3n) is 2.92. The number of carbonyl (C=O) groups excluding carboxylic acids is 2. The van der Waals surface area contributed by atoms with Gasteiger partial charge in [-0.3, -0.25) is 4.79 Å². The van der Waals surface area contributed by atoms with Crippen molar-refractivity contribution in [1.82, 2.24) is 0 Å². The second-order valence-electron chi connectivity index (χ2n) is 4.55. The lowest BCUT2D eigenvalue weighted by Crippen LogP contribution is -2.33. The molecule has 7 heteroatoms. The average Bonchev–Trinajstić information content (AvgIpc) is 2.47. The number of sulfone groups is 1. The highest BCUT2D eigenvalue weighted by Gasteiger charge is 2.26. The molecule has 1 aromatic rings. The summed E-state index contributed by atoms with van der Waals surface area (Å²) in [6.45, 7) is 6.66. The Hall–Kier alpha value is -2.15. The largest absolute Gasteiger partial charge is 0.462 e. The van der Waals surface area contributed by atoms with E-state index < -0.39 is 27.0 Å². The topological polar surface area (TPSA) is 89.5 Å². The van der Waals surface area contributed by atoms with Crippen LogP contribution in [0.2, 0.25) is 0 Å². The highest BCUT2D eigenvalue weighted by molar-refractivity contribution is 7.92. The first kappa shape index (κ1) is 17.9. The highest BCUT2D eigenvalue weighted by Crippen LogP contribution is 2.13. The Bertz CT molecular complexity index is 649. The van der Waals surface area contributed by atoms with Gasteiger partial charge < -0.3 is 10.1 Å². The van der Waals surface area contributed by atoms with Crippen LogP contribution in [0.3, 0.4) is 0 Å². The summed E-state index contributed by atoms with van der Waals surface area (Å²) < 4.78 is 28.4. The summed E-state index contributed by atoms with van der Waals surface area (Å²) in [6.07, 6.45) is 1.24. The Morgan fingerprint density at radius 3 is 2.41 bits per heavy atom. The molecule has 22 heavy (non-hydrogen) atoms. The lowest BCUT2D eigenvalue weighted by atomic mass is 10.2. The van der Waals surface area contributed by atoms with Crippen molar-refractivity contribution in [2.45, 2.75) is 19.1 Å². The molecule has 0 aliphatic rings. The highest BCUT2D eigenvalue weighted by atomic mass is 32.2. The number of anilines is 1. The van der Waals surface area contributed by atoms with Gasteiger partial charge in [-0.2, -0.15) is 0 Å². The van der Waals surface area contributed by atoms with E-state index >= 15 is 0 Å². The van der Waals surface area contributed by atoms with Crippen LogP contribution in [0.25, 0.3) is 0 Å². The molecule has 0 spiro atoms. The lowest BCUT2D eigenvalue weighted by Gasteiger charge is -2.12. The van der Waals surface area contributed by atoms with Crippen LogP contribution in [0.5, 0.6) is 0 Å². The number of ether oxygens (including phenoxy) is 1. The standard InChI is InChI=1S/C15H19NO5S/c1-4-10-22(19,20)11(3)14(17)16-13-8-6-12(7-9-13)15(18)21-5-2/h4,6-9,11H,1,5,10H2,2-3H3,(H,16,17). The maximum Gasteiger partial charge on any atom is 0.338 e. The van der Waals surface area contributed by atoms with Crippen molar-refractivity contribution in [1.29, 1.82) is 0 Å². The van der Waals surface area contributed by atoms with Crippen LogP contribution in [0.1, 0.15) is 24.2 Å². The van der Waals surface area contributed by atoms with Crippen molar-refractivity contribution in [2.24, 2.45) is 0 Å². The Labute approximate surface area is 130 Å². The Morgan fingerprint density at radius 2 is 1.91 bits per heavy atom. The van der Waals surface area contributed by atoms with E-state index in [9.17, 15) is 18.0 Å². The zero-order chi connectivity index (χ0) is 16.8. The number of hydrogen-bond acceptors (Lipinski definition) is 5. The smallest absolute Gasteiger partial charge is 0.338 e. The number of esters is 1. The van der Waals surface area contributed by atoms with Crippen molar-refractivity contribution >= 4 is 27.4 Å². The second kappa shape index (κ2) is 7.74. The molecule has 1 atom stereocenters. The third kappa shape index (κ3) is 4.70. The van der Waals surface area contributed by atoms with Crippen molar-refractivity contribution in [2.75, 3.05) is 17.7 Å². The van der Waals surface area contributed by atoms with Gasteiger partial charge in [-0.15, -0.1) is 6.58 Å². The first-order chi connectivity index (χ1) is 10.3. The molecule has 1 amide bonds. The fraction of sp³-hybridized carbons (Fsp3) is 0.333. The van der Waals surface area contributed by atoms with Crippen molar-refractivity contribution in [3.05, 3.63) is 42.5 Å². The summed E-state index contributed by atoms with van der Waals surface area (Å²) in [4.78, 5) is 23.4. The predicted molar refractivity (Wildman–Crippen MR) is 84.5 cm³/mol.